The van der Waals surface area contributed by atoms with E-state index >= 15 is 0 Å². The van der Waals surface area contributed by atoms with Crippen molar-refractivity contribution in [3.05, 3.63) is 144 Å². The molecule has 5 atom stereocenters. The summed E-state index contributed by atoms with van der Waals surface area (Å²) in [6.07, 6.45) is -6.99. The Bertz CT molecular complexity index is 1690. The number of aliphatic hydroxyl groups is 1. The van der Waals surface area contributed by atoms with Crippen LogP contribution >= 0.6 is 21.6 Å². The molecule has 1 saturated heterocycles. The van der Waals surface area contributed by atoms with Crippen LogP contribution in [-0.2, 0) is 28.4 Å². The van der Waals surface area contributed by atoms with E-state index in [2.05, 4.69) is 0 Å². The zero-order valence-electron chi connectivity index (χ0n) is 27.3. The summed E-state index contributed by atoms with van der Waals surface area (Å²) in [5, 5.41) is 9.13. The molecule has 0 amide bonds. The minimum atomic E-state index is -1.49. The molecule has 1 aliphatic rings. The second-order valence-electron chi connectivity index (χ2n) is 11.0. The lowest BCUT2D eigenvalue weighted by Crippen LogP contribution is -2.63. The highest BCUT2D eigenvalue weighted by Crippen LogP contribution is 2.32. The van der Waals surface area contributed by atoms with Crippen molar-refractivity contribution in [3.63, 3.8) is 0 Å². The van der Waals surface area contributed by atoms with Gasteiger partial charge in [0.25, 0.3) is 0 Å². The summed E-state index contributed by atoms with van der Waals surface area (Å²) in [5.41, 5.74) is 0.863. The lowest BCUT2D eigenvalue weighted by Gasteiger charge is -2.44. The number of benzene rings is 4. The van der Waals surface area contributed by atoms with Gasteiger partial charge in [-0.3, -0.25) is 0 Å². The Balaban J connectivity index is 1.51. The largest absolute Gasteiger partial charge is 0.459 e. The first kappa shape index (κ1) is 37.6. The van der Waals surface area contributed by atoms with Crippen molar-refractivity contribution in [3.8, 4) is 0 Å². The second-order valence-corrected chi connectivity index (χ2v) is 13.7. The summed E-state index contributed by atoms with van der Waals surface area (Å²) in [6.45, 7) is -0.333. The molecular weight excluding hydrogens is 697 g/mol. The standard InChI is InChI=1S/C38H36O11S2/c39-21-23-50-51-24-22-44-38-33(49-37(43)29-19-11-4-12-20-29)32(48-36(42)28-17-9-3-10-18-28)31(47-35(41)27-15-7-2-8-16-27)30(46-38)25-45-34(40)26-13-5-1-6-14-26/h1-20,30-33,38-39H,21-25H2/t30-,31-,32+,33-,38-/m1/s1. The van der Waals surface area contributed by atoms with Crippen LogP contribution in [0, 0.1) is 0 Å². The van der Waals surface area contributed by atoms with E-state index in [-0.39, 0.29) is 35.5 Å². The topological polar surface area (TPSA) is 144 Å². The van der Waals surface area contributed by atoms with E-state index in [4.69, 9.17) is 33.5 Å². The van der Waals surface area contributed by atoms with Crippen molar-refractivity contribution in [1.29, 1.82) is 0 Å². The molecule has 0 aromatic heterocycles. The van der Waals surface area contributed by atoms with Gasteiger partial charge in [0, 0.05) is 11.5 Å². The summed E-state index contributed by atoms with van der Waals surface area (Å²) < 4.78 is 36.1. The Labute approximate surface area is 302 Å². The fraction of sp³-hybridized carbons (Fsp3) is 0.263. The molecule has 1 N–H and O–H groups in total. The third-order valence-electron chi connectivity index (χ3n) is 7.44. The van der Waals surface area contributed by atoms with Crippen LogP contribution in [-0.4, -0.2) is 91.0 Å². The average molecular weight is 733 g/mol. The van der Waals surface area contributed by atoms with E-state index in [9.17, 15) is 19.2 Å². The number of hydrogen-bond donors (Lipinski definition) is 1. The molecule has 266 valence electrons. The molecule has 4 aromatic carbocycles. The Morgan fingerprint density at radius 3 is 1.43 bits per heavy atom. The number of carbonyl (C=O) groups excluding carboxylic acids is 4. The van der Waals surface area contributed by atoms with E-state index in [0.29, 0.717) is 11.5 Å². The first-order valence-electron chi connectivity index (χ1n) is 16.1. The Hall–Kier alpha value is -4.66. The van der Waals surface area contributed by atoms with Gasteiger partial charge in [-0.05, 0) is 48.5 Å². The molecule has 0 radical (unpaired) electrons. The maximum Gasteiger partial charge on any atom is 0.338 e. The summed E-state index contributed by atoms with van der Waals surface area (Å²) in [7, 11) is 2.90. The molecule has 13 heteroatoms. The van der Waals surface area contributed by atoms with Crippen LogP contribution < -0.4 is 0 Å². The highest BCUT2D eigenvalue weighted by atomic mass is 33.1. The monoisotopic (exact) mass is 732 g/mol. The number of esters is 4. The van der Waals surface area contributed by atoms with E-state index in [1.807, 2.05) is 0 Å². The molecule has 1 fully saturated rings. The van der Waals surface area contributed by atoms with Crippen LogP contribution in [0.25, 0.3) is 0 Å². The molecule has 5 rings (SSSR count). The number of carbonyl (C=O) groups is 4. The fourth-order valence-electron chi connectivity index (χ4n) is 5.01. The molecule has 51 heavy (non-hydrogen) atoms. The lowest BCUT2D eigenvalue weighted by molar-refractivity contribution is -0.297. The smallest absolute Gasteiger partial charge is 0.338 e. The van der Waals surface area contributed by atoms with Crippen LogP contribution in [0.15, 0.2) is 121 Å². The SMILES string of the molecule is O=C(OC[C@H]1O[C@@H](OCCSSCCO)[C@H](OC(=O)c2ccccc2)[C@@H](OC(=O)c2ccccc2)[C@@H]1OC(=O)c1ccccc1)c1ccccc1. The Kier molecular flexibility index (Phi) is 14.5. The maximum absolute atomic E-state index is 13.6. The van der Waals surface area contributed by atoms with Gasteiger partial charge in [0.1, 0.15) is 12.7 Å². The van der Waals surface area contributed by atoms with Gasteiger partial charge in [0.15, 0.2) is 24.6 Å². The zero-order valence-corrected chi connectivity index (χ0v) is 28.9. The molecule has 11 nitrogen and oxygen atoms in total. The van der Waals surface area contributed by atoms with Gasteiger partial charge in [-0.2, -0.15) is 0 Å². The highest BCUT2D eigenvalue weighted by Gasteiger charge is 2.53. The van der Waals surface area contributed by atoms with Crippen LogP contribution in [0.1, 0.15) is 41.4 Å². The normalized spacial score (nSPS) is 19.7. The third-order valence-corrected chi connectivity index (χ3v) is 9.79. The van der Waals surface area contributed by atoms with Gasteiger partial charge < -0.3 is 33.5 Å². The van der Waals surface area contributed by atoms with Gasteiger partial charge in [-0.25, -0.2) is 19.2 Å². The number of hydrogen-bond acceptors (Lipinski definition) is 13. The Morgan fingerprint density at radius 1 is 0.549 bits per heavy atom. The molecule has 0 aliphatic carbocycles. The first-order valence-corrected chi connectivity index (χ1v) is 18.6. The maximum atomic E-state index is 13.6. The molecular formula is C38H36O11S2. The zero-order chi connectivity index (χ0) is 35.8. The van der Waals surface area contributed by atoms with E-state index < -0.39 is 61.2 Å². The van der Waals surface area contributed by atoms with Crippen molar-refractivity contribution in [2.24, 2.45) is 0 Å². The molecule has 4 aromatic rings. The minimum Gasteiger partial charge on any atom is -0.459 e. The lowest BCUT2D eigenvalue weighted by atomic mass is 9.97. The van der Waals surface area contributed by atoms with Gasteiger partial charge >= 0.3 is 23.9 Å². The van der Waals surface area contributed by atoms with Crippen molar-refractivity contribution in [1.82, 2.24) is 0 Å². The van der Waals surface area contributed by atoms with Crippen LogP contribution in [0.2, 0.25) is 0 Å². The van der Waals surface area contributed by atoms with E-state index in [1.165, 1.54) is 21.6 Å². The van der Waals surface area contributed by atoms with E-state index in [1.54, 1.807) is 121 Å². The van der Waals surface area contributed by atoms with E-state index in [0.717, 1.165) is 0 Å². The molecule has 1 aliphatic heterocycles. The van der Waals surface area contributed by atoms with Crippen molar-refractivity contribution in [2.45, 2.75) is 30.7 Å². The van der Waals surface area contributed by atoms with Crippen molar-refractivity contribution in [2.75, 3.05) is 31.3 Å². The summed E-state index contributed by atoms with van der Waals surface area (Å²) >= 11 is 0. The molecule has 0 unspecified atom stereocenters. The quantitative estimate of drug-likeness (QED) is 0.0658. The average Bonchev–Trinajstić information content (AvgIpc) is 3.18. The summed E-state index contributed by atoms with van der Waals surface area (Å²) in [6, 6.07) is 32.8. The van der Waals surface area contributed by atoms with Gasteiger partial charge in [-0.1, -0.05) is 94.4 Å². The summed E-state index contributed by atoms with van der Waals surface area (Å²) in [4.78, 5) is 53.8. The predicted octanol–water partition coefficient (Wildman–Crippen LogP) is 5.64. The van der Waals surface area contributed by atoms with Gasteiger partial charge in [-0.15, -0.1) is 0 Å². The van der Waals surface area contributed by atoms with Crippen molar-refractivity contribution < 1.29 is 52.7 Å². The first-order chi connectivity index (χ1) is 24.9. The third kappa shape index (κ3) is 10.9. The predicted molar refractivity (Wildman–Crippen MR) is 190 cm³/mol. The molecule has 0 spiro atoms. The molecule has 0 bridgehead atoms. The number of ether oxygens (including phenoxy) is 6. The summed E-state index contributed by atoms with van der Waals surface area (Å²) in [5.74, 6) is -2.04. The van der Waals surface area contributed by atoms with Gasteiger partial charge in [0.2, 0.25) is 0 Å². The molecule has 0 saturated carbocycles. The van der Waals surface area contributed by atoms with Crippen LogP contribution in [0.3, 0.4) is 0 Å². The van der Waals surface area contributed by atoms with Crippen molar-refractivity contribution >= 4 is 45.5 Å². The second kappa shape index (κ2) is 19.7. The number of aliphatic hydroxyl groups excluding tert-OH is 1. The highest BCUT2D eigenvalue weighted by molar-refractivity contribution is 8.76. The Morgan fingerprint density at radius 2 is 0.961 bits per heavy atom. The molecule has 1 heterocycles. The number of rotatable bonds is 16. The van der Waals surface area contributed by atoms with Crippen LogP contribution in [0.5, 0.6) is 0 Å². The van der Waals surface area contributed by atoms with Gasteiger partial charge in [0.05, 0.1) is 35.5 Å². The fourth-order valence-corrected chi connectivity index (χ4v) is 6.62. The van der Waals surface area contributed by atoms with Crippen LogP contribution in [0.4, 0.5) is 0 Å². The minimum absolute atomic E-state index is 0.0166.